The maximum Gasteiger partial charge on any atom is 0.220 e. The minimum Gasteiger partial charge on any atom is -0.391 e. The second kappa shape index (κ2) is 8.08. The molecule has 104 valence electrons. The van der Waals surface area contributed by atoms with Gasteiger partial charge in [-0.3, -0.25) is 9.59 Å². The summed E-state index contributed by atoms with van der Waals surface area (Å²) in [6.07, 6.45) is 4.51. The first-order valence-corrected chi connectivity index (χ1v) is 6.87. The molecule has 0 aromatic heterocycles. The van der Waals surface area contributed by atoms with Gasteiger partial charge in [0.25, 0.3) is 0 Å². The van der Waals surface area contributed by atoms with Crippen molar-refractivity contribution in [1.82, 2.24) is 10.6 Å². The van der Waals surface area contributed by atoms with E-state index in [1.54, 1.807) is 0 Å². The van der Waals surface area contributed by atoms with Crippen molar-refractivity contribution >= 4 is 11.8 Å². The largest absolute Gasteiger partial charge is 0.391 e. The second-order valence-electron chi connectivity index (χ2n) is 4.88. The number of carbonyl (C=O) groups excluding carboxylic acids is 2. The lowest BCUT2D eigenvalue weighted by Crippen LogP contribution is -2.45. The number of hydrogen-bond acceptors (Lipinski definition) is 3. The second-order valence-corrected chi connectivity index (χ2v) is 4.88. The predicted octanol–water partition coefficient (Wildman–Crippen LogP) is 0.712. The summed E-state index contributed by atoms with van der Waals surface area (Å²) in [7, 11) is 0. The topological polar surface area (TPSA) is 78.4 Å². The standard InChI is InChI=1S/C13H24N2O3/c1-2-9-14-12(17)7-8-13(18)15-10-5-3-4-6-11(10)16/h10-11,16H,2-9H2,1H3,(H,14,17)(H,15,18). The van der Waals surface area contributed by atoms with Gasteiger partial charge in [-0.1, -0.05) is 19.8 Å². The van der Waals surface area contributed by atoms with Gasteiger partial charge < -0.3 is 15.7 Å². The highest BCUT2D eigenvalue weighted by molar-refractivity contribution is 5.83. The van der Waals surface area contributed by atoms with Crippen LogP contribution in [-0.2, 0) is 9.59 Å². The quantitative estimate of drug-likeness (QED) is 0.655. The summed E-state index contributed by atoms with van der Waals surface area (Å²) >= 11 is 0. The van der Waals surface area contributed by atoms with Crippen LogP contribution in [-0.4, -0.2) is 35.6 Å². The van der Waals surface area contributed by atoms with Crippen molar-refractivity contribution in [1.29, 1.82) is 0 Å². The van der Waals surface area contributed by atoms with Crippen molar-refractivity contribution in [2.75, 3.05) is 6.54 Å². The number of carbonyl (C=O) groups is 2. The Balaban J connectivity index is 2.18. The molecule has 0 aromatic rings. The Morgan fingerprint density at radius 3 is 2.50 bits per heavy atom. The fourth-order valence-corrected chi connectivity index (χ4v) is 2.14. The van der Waals surface area contributed by atoms with Gasteiger partial charge in [0.2, 0.25) is 11.8 Å². The van der Waals surface area contributed by atoms with E-state index in [0.717, 1.165) is 32.1 Å². The smallest absolute Gasteiger partial charge is 0.220 e. The van der Waals surface area contributed by atoms with Crippen LogP contribution in [0.25, 0.3) is 0 Å². The molecule has 0 radical (unpaired) electrons. The highest BCUT2D eigenvalue weighted by Crippen LogP contribution is 2.18. The maximum absolute atomic E-state index is 11.6. The number of rotatable bonds is 6. The van der Waals surface area contributed by atoms with Crippen molar-refractivity contribution in [2.24, 2.45) is 0 Å². The zero-order valence-electron chi connectivity index (χ0n) is 11.1. The average Bonchev–Trinajstić information content (AvgIpc) is 2.36. The number of amides is 2. The van der Waals surface area contributed by atoms with Crippen LogP contribution >= 0.6 is 0 Å². The molecule has 0 saturated heterocycles. The first-order chi connectivity index (χ1) is 8.63. The van der Waals surface area contributed by atoms with E-state index in [1.807, 2.05) is 6.92 Å². The summed E-state index contributed by atoms with van der Waals surface area (Å²) in [5, 5.41) is 15.3. The SMILES string of the molecule is CCCNC(=O)CCC(=O)NC1CCCCC1O. The van der Waals surface area contributed by atoms with Gasteiger partial charge in [0, 0.05) is 19.4 Å². The number of aliphatic hydroxyl groups excluding tert-OH is 1. The monoisotopic (exact) mass is 256 g/mol. The van der Waals surface area contributed by atoms with E-state index < -0.39 is 6.10 Å². The van der Waals surface area contributed by atoms with E-state index in [0.29, 0.717) is 6.54 Å². The Hall–Kier alpha value is -1.10. The first-order valence-electron chi connectivity index (χ1n) is 6.87. The van der Waals surface area contributed by atoms with E-state index >= 15 is 0 Å². The van der Waals surface area contributed by atoms with Gasteiger partial charge in [0.1, 0.15) is 0 Å². The molecule has 0 heterocycles. The highest BCUT2D eigenvalue weighted by Gasteiger charge is 2.24. The van der Waals surface area contributed by atoms with Crippen molar-refractivity contribution in [3.63, 3.8) is 0 Å². The van der Waals surface area contributed by atoms with Crippen molar-refractivity contribution < 1.29 is 14.7 Å². The average molecular weight is 256 g/mol. The fourth-order valence-electron chi connectivity index (χ4n) is 2.14. The highest BCUT2D eigenvalue weighted by atomic mass is 16.3. The predicted molar refractivity (Wildman–Crippen MR) is 68.9 cm³/mol. The van der Waals surface area contributed by atoms with Crippen LogP contribution in [0, 0.1) is 0 Å². The van der Waals surface area contributed by atoms with Crippen LogP contribution in [0.2, 0.25) is 0 Å². The summed E-state index contributed by atoms with van der Waals surface area (Å²) < 4.78 is 0. The molecule has 5 heteroatoms. The molecular weight excluding hydrogens is 232 g/mol. The minimum atomic E-state index is -0.434. The normalized spacial score (nSPS) is 23.4. The van der Waals surface area contributed by atoms with Gasteiger partial charge in [0.15, 0.2) is 0 Å². The summed E-state index contributed by atoms with van der Waals surface area (Å²) in [6.45, 7) is 2.64. The first kappa shape index (κ1) is 15.0. The number of hydrogen-bond donors (Lipinski definition) is 3. The summed E-state index contributed by atoms with van der Waals surface area (Å²) in [5.74, 6) is -0.233. The third-order valence-corrected chi connectivity index (χ3v) is 3.23. The molecule has 0 spiro atoms. The Bertz CT molecular complexity index is 281. The molecule has 5 nitrogen and oxygen atoms in total. The van der Waals surface area contributed by atoms with E-state index in [9.17, 15) is 14.7 Å². The third-order valence-electron chi connectivity index (χ3n) is 3.23. The van der Waals surface area contributed by atoms with Crippen molar-refractivity contribution in [2.45, 2.75) is 64.0 Å². The maximum atomic E-state index is 11.6. The zero-order valence-corrected chi connectivity index (χ0v) is 11.1. The zero-order chi connectivity index (χ0) is 13.4. The fraction of sp³-hybridized carbons (Fsp3) is 0.846. The molecule has 1 aliphatic rings. The Labute approximate surface area is 108 Å². The molecular formula is C13H24N2O3. The lowest BCUT2D eigenvalue weighted by Gasteiger charge is -2.28. The Kier molecular flexibility index (Phi) is 6.72. The van der Waals surface area contributed by atoms with Crippen molar-refractivity contribution in [3.05, 3.63) is 0 Å². The molecule has 1 rings (SSSR count). The molecule has 1 aliphatic carbocycles. The van der Waals surface area contributed by atoms with E-state index in [1.165, 1.54) is 0 Å². The summed E-state index contributed by atoms with van der Waals surface area (Å²) in [4.78, 5) is 23.0. The molecule has 18 heavy (non-hydrogen) atoms. The molecule has 0 aliphatic heterocycles. The van der Waals surface area contributed by atoms with Crippen LogP contribution in [0.5, 0.6) is 0 Å². The lowest BCUT2D eigenvalue weighted by molar-refractivity contribution is -0.127. The van der Waals surface area contributed by atoms with Gasteiger partial charge >= 0.3 is 0 Å². The van der Waals surface area contributed by atoms with Gasteiger partial charge in [0.05, 0.1) is 12.1 Å². The van der Waals surface area contributed by atoms with Crippen LogP contribution in [0.3, 0.4) is 0 Å². The molecule has 2 unspecified atom stereocenters. The lowest BCUT2D eigenvalue weighted by atomic mass is 9.92. The van der Waals surface area contributed by atoms with Gasteiger partial charge in [-0.15, -0.1) is 0 Å². The number of nitrogens with one attached hydrogen (secondary N) is 2. The van der Waals surface area contributed by atoms with Crippen LogP contribution in [0.1, 0.15) is 51.9 Å². The summed E-state index contributed by atoms with van der Waals surface area (Å²) in [5.41, 5.74) is 0. The molecule has 1 fully saturated rings. The Morgan fingerprint density at radius 2 is 1.83 bits per heavy atom. The van der Waals surface area contributed by atoms with Crippen molar-refractivity contribution in [3.8, 4) is 0 Å². The van der Waals surface area contributed by atoms with Gasteiger partial charge in [-0.2, -0.15) is 0 Å². The molecule has 1 saturated carbocycles. The molecule has 2 amide bonds. The Morgan fingerprint density at radius 1 is 1.17 bits per heavy atom. The molecule has 3 N–H and O–H groups in total. The van der Waals surface area contributed by atoms with E-state index in [-0.39, 0.29) is 30.7 Å². The molecule has 0 bridgehead atoms. The van der Waals surface area contributed by atoms with Crippen LogP contribution in [0.15, 0.2) is 0 Å². The van der Waals surface area contributed by atoms with Crippen LogP contribution < -0.4 is 10.6 Å². The molecule has 0 aromatic carbocycles. The van der Waals surface area contributed by atoms with Crippen LogP contribution in [0.4, 0.5) is 0 Å². The molecule has 2 atom stereocenters. The van der Waals surface area contributed by atoms with Gasteiger partial charge in [-0.25, -0.2) is 0 Å². The van der Waals surface area contributed by atoms with E-state index in [2.05, 4.69) is 10.6 Å². The van der Waals surface area contributed by atoms with E-state index in [4.69, 9.17) is 0 Å². The summed E-state index contributed by atoms with van der Waals surface area (Å²) in [6, 6.07) is -0.134. The third kappa shape index (κ3) is 5.49. The minimum absolute atomic E-state index is 0.0869. The van der Waals surface area contributed by atoms with Gasteiger partial charge in [-0.05, 0) is 19.3 Å². The number of aliphatic hydroxyl groups is 1.